The first-order valence-corrected chi connectivity index (χ1v) is 8.46. The average Bonchev–Trinajstić information content (AvgIpc) is 3.02. The molecule has 0 spiro atoms. The highest BCUT2D eigenvalue weighted by Gasteiger charge is 2.64. The maximum atomic E-state index is 3.89. The summed E-state index contributed by atoms with van der Waals surface area (Å²) < 4.78 is 0. The summed E-state index contributed by atoms with van der Waals surface area (Å²) in [5.74, 6) is 0. The fourth-order valence-corrected chi connectivity index (χ4v) is 4.91. The average molecular weight is 312 g/mol. The highest BCUT2D eigenvalue weighted by molar-refractivity contribution is 5.81. The summed E-state index contributed by atoms with van der Waals surface area (Å²) in [7, 11) is 2.20. The van der Waals surface area contributed by atoms with Gasteiger partial charge in [0, 0.05) is 18.4 Å². The quantitative estimate of drug-likeness (QED) is 0.699. The van der Waals surface area contributed by atoms with Crippen LogP contribution in [0.2, 0.25) is 0 Å². The van der Waals surface area contributed by atoms with Crippen molar-refractivity contribution >= 4 is 11.4 Å². The van der Waals surface area contributed by atoms with Crippen LogP contribution in [0.15, 0.2) is 78.9 Å². The molecule has 2 nitrogen and oxygen atoms in total. The summed E-state index contributed by atoms with van der Waals surface area (Å²) in [6.07, 6.45) is 0. The van der Waals surface area contributed by atoms with Crippen molar-refractivity contribution in [2.24, 2.45) is 0 Å². The van der Waals surface area contributed by atoms with Crippen LogP contribution >= 0.6 is 0 Å². The number of anilines is 2. The molecule has 24 heavy (non-hydrogen) atoms. The van der Waals surface area contributed by atoms with Crippen LogP contribution < -0.4 is 10.2 Å². The van der Waals surface area contributed by atoms with E-state index < -0.39 is 0 Å². The molecular weight excluding hydrogens is 292 g/mol. The Morgan fingerprint density at radius 3 is 2.17 bits per heavy atom. The number of nitrogens with zero attached hydrogens (tertiary/aromatic N) is 1. The van der Waals surface area contributed by atoms with Gasteiger partial charge in [-0.25, -0.2) is 0 Å². The van der Waals surface area contributed by atoms with Gasteiger partial charge in [0.15, 0.2) is 5.66 Å². The zero-order valence-electron chi connectivity index (χ0n) is 14.0. The third kappa shape index (κ3) is 1.34. The first kappa shape index (κ1) is 13.7. The minimum absolute atomic E-state index is 0.143. The smallest absolute Gasteiger partial charge is 0.150 e. The standard InChI is InChI=1S/C22H20N2/c1-21-17-12-6-8-14-19(17)23-22(21,16-10-4-3-5-11-16)24(2)20-15-9-7-13-18(20)21/h3-15,23H,1-2H3/t21-,22+/m1/s1. The SMILES string of the molecule is CN1c2ccccc2[C@@]2(C)c3ccccc3N[C@@]12c1ccccc1. The van der Waals surface area contributed by atoms with E-state index in [1.807, 2.05) is 0 Å². The molecule has 0 radical (unpaired) electrons. The van der Waals surface area contributed by atoms with E-state index in [0.29, 0.717) is 0 Å². The van der Waals surface area contributed by atoms with Crippen LogP contribution in [0.5, 0.6) is 0 Å². The van der Waals surface area contributed by atoms with E-state index in [1.54, 1.807) is 0 Å². The minimum Gasteiger partial charge on any atom is -0.358 e. The number of rotatable bonds is 1. The lowest BCUT2D eigenvalue weighted by Crippen LogP contribution is -2.55. The van der Waals surface area contributed by atoms with Gasteiger partial charge in [-0.15, -0.1) is 0 Å². The summed E-state index contributed by atoms with van der Waals surface area (Å²) in [5, 5.41) is 3.89. The zero-order valence-corrected chi connectivity index (χ0v) is 14.0. The normalized spacial score (nSPS) is 26.5. The predicted octanol–water partition coefficient (Wildman–Crippen LogP) is 4.72. The first-order valence-electron chi connectivity index (χ1n) is 8.46. The number of nitrogens with one attached hydrogen (secondary N) is 1. The van der Waals surface area contributed by atoms with E-state index in [4.69, 9.17) is 0 Å². The Morgan fingerprint density at radius 2 is 1.38 bits per heavy atom. The van der Waals surface area contributed by atoms with Crippen molar-refractivity contribution < 1.29 is 0 Å². The lowest BCUT2D eigenvalue weighted by molar-refractivity contribution is 0.363. The van der Waals surface area contributed by atoms with Crippen LogP contribution in [-0.2, 0) is 11.1 Å². The second-order valence-corrected chi connectivity index (χ2v) is 6.95. The van der Waals surface area contributed by atoms with Crippen LogP contribution in [0.3, 0.4) is 0 Å². The zero-order chi connectivity index (χ0) is 16.4. The Labute approximate surface area is 142 Å². The summed E-state index contributed by atoms with van der Waals surface area (Å²) >= 11 is 0. The van der Waals surface area contributed by atoms with Gasteiger partial charge in [-0.3, -0.25) is 0 Å². The molecule has 2 heteroatoms. The van der Waals surface area contributed by atoms with Gasteiger partial charge < -0.3 is 10.2 Å². The Hall–Kier alpha value is -2.74. The topological polar surface area (TPSA) is 15.3 Å². The number of likely N-dealkylation sites (N-methyl/N-ethyl adjacent to an activating group) is 1. The molecule has 0 fully saturated rings. The highest BCUT2D eigenvalue weighted by Crippen LogP contribution is 2.63. The van der Waals surface area contributed by atoms with Crippen LogP contribution in [0.4, 0.5) is 11.4 Å². The van der Waals surface area contributed by atoms with Crippen LogP contribution in [0, 0.1) is 0 Å². The van der Waals surface area contributed by atoms with Crippen molar-refractivity contribution in [3.8, 4) is 0 Å². The van der Waals surface area contributed by atoms with Crippen LogP contribution in [0.1, 0.15) is 23.6 Å². The highest BCUT2D eigenvalue weighted by atomic mass is 15.4. The van der Waals surface area contributed by atoms with E-state index in [-0.39, 0.29) is 11.1 Å². The number of benzene rings is 3. The molecule has 2 atom stereocenters. The molecular formula is C22H20N2. The van der Waals surface area contributed by atoms with Gasteiger partial charge in [0.05, 0.1) is 5.41 Å². The van der Waals surface area contributed by atoms with Gasteiger partial charge in [0.2, 0.25) is 0 Å². The number of hydrogen-bond acceptors (Lipinski definition) is 2. The minimum atomic E-state index is -0.304. The fraction of sp³-hybridized carbons (Fsp3) is 0.182. The third-order valence-corrected chi connectivity index (χ3v) is 6.00. The second kappa shape index (κ2) is 4.41. The molecule has 0 unspecified atom stereocenters. The van der Waals surface area contributed by atoms with Gasteiger partial charge in [-0.1, -0.05) is 66.7 Å². The Balaban J connectivity index is 1.90. The van der Waals surface area contributed by atoms with E-state index in [0.717, 1.165) is 0 Å². The largest absolute Gasteiger partial charge is 0.358 e. The molecule has 2 heterocycles. The molecule has 0 aromatic heterocycles. The summed E-state index contributed by atoms with van der Waals surface area (Å²) in [5.41, 5.74) is 6.12. The predicted molar refractivity (Wildman–Crippen MR) is 99.5 cm³/mol. The molecule has 2 aliphatic heterocycles. The van der Waals surface area contributed by atoms with E-state index in [2.05, 4.69) is 103 Å². The van der Waals surface area contributed by atoms with Gasteiger partial charge >= 0.3 is 0 Å². The Kier molecular flexibility index (Phi) is 2.52. The number of hydrogen-bond donors (Lipinski definition) is 1. The maximum absolute atomic E-state index is 3.89. The molecule has 1 N–H and O–H groups in total. The number of fused-ring (bicyclic) bond motifs is 5. The first-order chi connectivity index (χ1) is 11.7. The molecule has 5 rings (SSSR count). The Morgan fingerprint density at radius 1 is 0.750 bits per heavy atom. The molecule has 118 valence electrons. The van der Waals surface area contributed by atoms with Crippen molar-refractivity contribution in [3.63, 3.8) is 0 Å². The lowest BCUT2D eigenvalue weighted by atomic mass is 9.69. The summed E-state index contributed by atoms with van der Waals surface area (Å²) in [6, 6.07) is 28.3. The van der Waals surface area contributed by atoms with E-state index in [9.17, 15) is 0 Å². The fourth-order valence-electron chi connectivity index (χ4n) is 4.91. The summed E-state index contributed by atoms with van der Waals surface area (Å²) in [6.45, 7) is 2.38. The monoisotopic (exact) mass is 312 g/mol. The molecule has 0 amide bonds. The van der Waals surface area contributed by atoms with E-state index in [1.165, 1.54) is 28.1 Å². The van der Waals surface area contributed by atoms with Gasteiger partial charge in [0.25, 0.3) is 0 Å². The van der Waals surface area contributed by atoms with Gasteiger partial charge in [-0.2, -0.15) is 0 Å². The number of para-hydroxylation sites is 2. The third-order valence-electron chi connectivity index (χ3n) is 6.00. The van der Waals surface area contributed by atoms with Crippen molar-refractivity contribution in [1.29, 1.82) is 0 Å². The molecule has 0 saturated heterocycles. The van der Waals surface area contributed by atoms with E-state index >= 15 is 0 Å². The van der Waals surface area contributed by atoms with Crippen molar-refractivity contribution in [1.82, 2.24) is 0 Å². The Bertz CT molecular complexity index is 933. The van der Waals surface area contributed by atoms with Crippen molar-refractivity contribution in [2.45, 2.75) is 18.0 Å². The second-order valence-electron chi connectivity index (χ2n) is 6.95. The molecule has 0 aliphatic carbocycles. The van der Waals surface area contributed by atoms with Crippen LogP contribution in [0.25, 0.3) is 0 Å². The maximum Gasteiger partial charge on any atom is 0.150 e. The van der Waals surface area contributed by atoms with Gasteiger partial charge in [0.1, 0.15) is 0 Å². The molecule has 0 bridgehead atoms. The van der Waals surface area contributed by atoms with Crippen molar-refractivity contribution in [2.75, 3.05) is 17.3 Å². The van der Waals surface area contributed by atoms with Crippen molar-refractivity contribution in [3.05, 3.63) is 95.6 Å². The molecule has 3 aromatic rings. The van der Waals surface area contributed by atoms with Gasteiger partial charge in [-0.05, 0) is 35.7 Å². The lowest BCUT2D eigenvalue weighted by Gasteiger charge is -2.44. The summed E-state index contributed by atoms with van der Waals surface area (Å²) in [4.78, 5) is 2.41. The molecule has 3 aromatic carbocycles. The molecule has 2 aliphatic rings. The van der Waals surface area contributed by atoms with Crippen LogP contribution in [-0.4, -0.2) is 7.05 Å². The molecule has 0 saturated carbocycles.